The van der Waals surface area contributed by atoms with Gasteiger partial charge < -0.3 is 9.84 Å². The first-order valence-electron chi connectivity index (χ1n) is 3.96. The molecule has 0 aromatic heterocycles. The van der Waals surface area contributed by atoms with Gasteiger partial charge in [-0.2, -0.15) is 0 Å². The average molecular weight is 176 g/mol. The van der Waals surface area contributed by atoms with Gasteiger partial charge in [0, 0.05) is 0 Å². The molecule has 0 spiro atoms. The van der Waals surface area contributed by atoms with Crippen LogP contribution in [0.2, 0.25) is 0 Å². The summed E-state index contributed by atoms with van der Waals surface area (Å²) in [5.41, 5.74) is 0. The molecule has 66 valence electrons. The van der Waals surface area contributed by atoms with Gasteiger partial charge in [0.05, 0.1) is 6.10 Å². The lowest BCUT2D eigenvalue weighted by molar-refractivity contribution is 0.158. The van der Waals surface area contributed by atoms with E-state index in [9.17, 15) is 5.11 Å². The highest BCUT2D eigenvalue weighted by molar-refractivity contribution is 7.80. The number of hydrogen-bond acceptors (Lipinski definition) is 3. The molecule has 0 aromatic carbocycles. The van der Waals surface area contributed by atoms with Crippen molar-refractivity contribution in [1.29, 1.82) is 0 Å². The summed E-state index contributed by atoms with van der Waals surface area (Å²) in [4.78, 5) is 0. The number of rotatable bonds is 4. The van der Waals surface area contributed by atoms with Crippen molar-refractivity contribution in [1.82, 2.24) is 0 Å². The first-order chi connectivity index (χ1) is 5.07. The van der Waals surface area contributed by atoms with E-state index in [0.717, 1.165) is 6.42 Å². The first-order valence-corrected chi connectivity index (χ1v) is 4.37. The van der Waals surface area contributed by atoms with Crippen LogP contribution < -0.4 is 0 Å². The Labute approximate surface area is 73.6 Å². The standard InChI is InChI=1S/C8H16O2S/c1-4-5-7(9)8(11)10-6(2)3/h6-7,9H,4-5H2,1-3H3/t7-/m0/s1. The molecule has 0 bridgehead atoms. The van der Waals surface area contributed by atoms with Gasteiger partial charge in [-0.25, -0.2) is 0 Å². The van der Waals surface area contributed by atoms with Crippen molar-refractivity contribution in [3.8, 4) is 0 Å². The Hall–Kier alpha value is -0.150. The third-order valence-electron chi connectivity index (χ3n) is 1.19. The van der Waals surface area contributed by atoms with E-state index in [0.29, 0.717) is 11.5 Å². The lowest BCUT2D eigenvalue weighted by Crippen LogP contribution is -2.23. The molecular weight excluding hydrogens is 160 g/mol. The summed E-state index contributed by atoms with van der Waals surface area (Å²) < 4.78 is 5.15. The number of thiocarbonyl (C=S) groups is 1. The number of ether oxygens (including phenoxy) is 1. The van der Waals surface area contributed by atoms with Crippen LogP contribution in [0.4, 0.5) is 0 Å². The predicted molar refractivity (Wildman–Crippen MR) is 49.7 cm³/mol. The van der Waals surface area contributed by atoms with Crippen LogP contribution in [0.3, 0.4) is 0 Å². The zero-order valence-corrected chi connectivity index (χ0v) is 8.15. The van der Waals surface area contributed by atoms with Gasteiger partial charge in [0.15, 0.2) is 5.05 Å². The minimum absolute atomic E-state index is 0.0639. The van der Waals surface area contributed by atoms with Crippen molar-refractivity contribution in [2.75, 3.05) is 0 Å². The van der Waals surface area contributed by atoms with Crippen molar-refractivity contribution in [3.05, 3.63) is 0 Å². The van der Waals surface area contributed by atoms with E-state index in [1.807, 2.05) is 20.8 Å². The zero-order valence-electron chi connectivity index (χ0n) is 7.33. The van der Waals surface area contributed by atoms with Crippen LogP contribution in [-0.2, 0) is 4.74 Å². The van der Waals surface area contributed by atoms with Crippen LogP contribution in [0.15, 0.2) is 0 Å². The quantitative estimate of drug-likeness (QED) is 0.663. The molecule has 1 N–H and O–H groups in total. The van der Waals surface area contributed by atoms with Crippen molar-refractivity contribution >= 4 is 17.3 Å². The molecule has 3 heteroatoms. The molecule has 1 atom stereocenters. The average Bonchev–Trinajstić information content (AvgIpc) is 1.86. The van der Waals surface area contributed by atoms with E-state index in [-0.39, 0.29) is 6.10 Å². The Morgan fingerprint density at radius 3 is 2.45 bits per heavy atom. The van der Waals surface area contributed by atoms with Crippen LogP contribution in [0, 0.1) is 0 Å². The fourth-order valence-corrected chi connectivity index (χ4v) is 1.01. The minimum Gasteiger partial charge on any atom is -0.482 e. The van der Waals surface area contributed by atoms with Gasteiger partial charge in [0.2, 0.25) is 0 Å². The third kappa shape index (κ3) is 5.16. The normalized spacial score (nSPS) is 13.2. The van der Waals surface area contributed by atoms with E-state index >= 15 is 0 Å². The lowest BCUT2D eigenvalue weighted by Gasteiger charge is -2.14. The molecule has 0 amide bonds. The van der Waals surface area contributed by atoms with E-state index in [4.69, 9.17) is 17.0 Å². The van der Waals surface area contributed by atoms with Crippen LogP contribution in [-0.4, -0.2) is 22.4 Å². The lowest BCUT2D eigenvalue weighted by atomic mass is 10.2. The molecule has 0 aliphatic carbocycles. The maximum absolute atomic E-state index is 9.30. The van der Waals surface area contributed by atoms with Gasteiger partial charge in [-0.1, -0.05) is 13.3 Å². The third-order valence-corrected chi connectivity index (χ3v) is 1.55. The Bertz CT molecular complexity index is 123. The van der Waals surface area contributed by atoms with Gasteiger partial charge in [-0.15, -0.1) is 0 Å². The Morgan fingerprint density at radius 2 is 2.09 bits per heavy atom. The summed E-state index contributed by atoms with van der Waals surface area (Å²) >= 11 is 4.85. The minimum atomic E-state index is -0.572. The van der Waals surface area contributed by atoms with Crippen molar-refractivity contribution in [2.45, 2.75) is 45.8 Å². The van der Waals surface area contributed by atoms with Gasteiger partial charge in [-0.05, 0) is 32.5 Å². The second-order valence-electron chi connectivity index (χ2n) is 2.79. The van der Waals surface area contributed by atoms with Crippen molar-refractivity contribution in [2.24, 2.45) is 0 Å². The largest absolute Gasteiger partial charge is 0.482 e. The smallest absolute Gasteiger partial charge is 0.188 e. The maximum Gasteiger partial charge on any atom is 0.188 e. The molecule has 2 nitrogen and oxygen atoms in total. The molecule has 11 heavy (non-hydrogen) atoms. The van der Waals surface area contributed by atoms with Crippen LogP contribution in [0.25, 0.3) is 0 Å². The molecule has 0 rings (SSSR count). The predicted octanol–water partition coefficient (Wildman–Crippen LogP) is 1.90. The van der Waals surface area contributed by atoms with Crippen molar-refractivity contribution < 1.29 is 9.84 Å². The number of hydrogen-bond donors (Lipinski definition) is 1. The van der Waals surface area contributed by atoms with E-state index in [1.165, 1.54) is 0 Å². The highest BCUT2D eigenvalue weighted by Gasteiger charge is 2.11. The molecule has 0 unspecified atom stereocenters. The van der Waals surface area contributed by atoms with E-state index in [2.05, 4.69) is 0 Å². The highest BCUT2D eigenvalue weighted by Crippen LogP contribution is 2.02. The summed E-state index contributed by atoms with van der Waals surface area (Å²) in [6.45, 7) is 5.79. The fourth-order valence-electron chi connectivity index (χ4n) is 0.702. The molecule has 0 aliphatic rings. The number of aliphatic hydroxyl groups excluding tert-OH is 1. The summed E-state index contributed by atoms with van der Waals surface area (Å²) in [7, 11) is 0. The summed E-state index contributed by atoms with van der Waals surface area (Å²) in [6.07, 6.45) is 1.10. The molecule has 0 saturated heterocycles. The van der Waals surface area contributed by atoms with Crippen LogP contribution in [0.1, 0.15) is 33.6 Å². The highest BCUT2D eigenvalue weighted by atomic mass is 32.1. The van der Waals surface area contributed by atoms with Gasteiger partial charge >= 0.3 is 0 Å². The SMILES string of the molecule is CCC[C@H](O)C(=S)OC(C)C. The summed E-state index contributed by atoms with van der Waals surface area (Å²) in [6, 6.07) is 0. The second-order valence-corrected chi connectivity index (χ2v) is 3.19. The topological polar surface area (TPSA) is 29.5 Å². The van der Waals surface area contributed by atoms with E-state index < -0.39 is 6.10 Å². The maximum atomic E-state index is 9.30. The van der Waals surface area contributed by atoms with E-state index in [1.54, 1.807) is 0 Å². The van der Waals surface area contributed by atoms with Crippen molar-refractivity contribution in [3.63, 3.8) is 0 Å². The monoisotopic (exact) mass is 176 g/mol. The second kappa shape index (κ2) is 5.49. The summed E-state index contributed by atoms with van der Waals surface area (Å²) in [5.74, 6) is 0. The zero-order chi connectivity index (χ0) is 8.85. The molecule has 0 fully saturated rings. The Balaban J connectivity index is 3.64. The number of aliphatic hydroxyl groups is 1. The molecular formula is C8H16O2S. The van der Waals surface area contributed by atoms with Gasteiger partial charge in [-0.3, -0.25) is 0 Å². The van der Waals surface area contributed by atoms with Gasteiger partial charge in [0.1, 0.15) is 6.10 Å². The molecule has 0 saturated carbocycles. The molecule has 0 aliphatic heterocycles. The fraction of sp³-hybridized carbons (Fsp3) is 0.875. The molecule has 0 aromatic rings. The van der Waals surface area contributed by atoms with Crippen LogP contribution in [0.5, 0.6) is 0 Å². The Kier molecular flexibility index (Phi) is 5.42. The first kappa shape index (κ1) is 10.8. The van der Waals surface area contributed by atoms with Crippen LogP contribution >= 0.6 is 12.2 Å². The molecule has 0 radical (unpaired) electrons. The molecule has 0 heterocycles. The van der Waals surface area contributed by atoms with Gasteiger partial charge in [0.25, 0.3) is 0 Å². The summed E-state index contributed by atoms with van der Waals surface area (Å²) in [5, 5.41) is 9.62. The Morgan fingerprint density at radius 1 is 1.55 bits per heavy atom.